The predicted molar refractivity (Wildman–Crippen MR) is 60.5 cm³/mol. The third-order valence-electron chi connectivity index (χ3n) is 3.40. The zero-order chi connectivity index (χ0) is 11.4. The molecule has 3 heteroatoms. The Morgan fingerprint density at radius 2 is 1.93 bits per heavy atom. The van der Waals surface area contributed by atoms with Gasteiger partial charge in [0.05, 0.1) is 12.5 Å². The lowest BCUT2D eigenvalue weighted by atomic mass is 9.86. The van der Waals surface area contributed by atoms with Crippen LogP contribution in [0.1, 0.15) is 46.0 Å². The SMILES string of the molecule is CC(O)CC(=O)N(C)C1CCC(C)CC1. The van der Waals surface area contributed by atoms with Gasteiger partial charge in [-0.3, -0.25) is 4.79 Å². The van der Waals surface area contributed by atoms with Crippen LogP contribution in [-0.4, -0.2) is 35.1 Å². The molecule has 0 aromatic heterocycles. The van der Waals surface area contributed by atoms with E-state index >= 15 is 0 Å². The number of nitrogens with zero attached hydrogens (tertiary/aromatic N) is 1. The number of aliphatic hydroxyl groups excluding tert-OH is 1. The van der Waals surface area contributed by atoms with Crippen molar-refractivity contribution in [2.75, 3.05) is 7.05 Å². The fourth-order valence-corrected chi connectivity index (χ4v) is 2.23. The third-order valence-corrected chi connectivity index (χ3v) is 3.40. The van der Waals surface area contributed by atoms with E-state index in [0.29, 0.717) is 6.04 Å². The summed E-state index contributed by atoms with van der Waals surface area (Å²) >= 11 is 0. The van der Waals surface area contributed by atoms with Gasteiger partial charge >= 0.3 is 0 Å². The highest BCUT2D eigenvalue weighted by Crippen LogP contribution is 2.26. The first-order valence-corrected chi connectivity index (χ1v) is 5.94. The van der Waals surface area contributed by atoms with Crippen LogP contribution < -0.4 is 0 Å². The molecular formula is C12H23NO2. The number of carbonyl (C=O) groups excluding carboxylic acids is 1. The minimum absolute atomic E-state index is 0.0737. The van der Waals surface area contributed by atoms with Gasteiger partial charge in [0, 0.05) is 13.1 Å². The molecule has 0 heterocycles. The van der Waals surface area contributed by atoms with Crippen LogP contribution in [0.5, 0.6) is 0 Å². The van der Waals surface area contributed by atoms with Gasteiger partial charge in [-0.15, -0.1) is 0 Å². The van der Waals surface area contributed by atoms with E-state index in [4.69, 9.17) is 5.11 Å². The number of aliphatic hydroxyl groups is 1. The summed E-state index contributed by atoms with van der Waals surface area (Å²) in [6.45, 7) is 3.93. The Kier molecular flexibility index (Phi) is 4.58. The molecule has 1 N–H and O–H groups in total. The van der Waals surface area contributed by atoms with Crippen molar-refractivity contribution in [2.24, 2.45) is 5.92 Å². The molecule has 0 saturated heterocycles. The van der Waals surface area contributed by atoms with Crippen molar-refractivity contribution in [2.45, 2.75) is 58.1 Å². The van der Waals surface area contributed by atoms with Gasteiger partial charge in [0.2, 0.25) is 5.91 Å². The highest BCUT2D eigenvalue weighted by atomic mass is 16.3. The van der Waals surface area contributed by atoms with Gasteiger partial charge in [0.15, 0.2) is 0 Å². The van der Waals surface area contributed by atoms with E-state index in [2.05, 4.69) is 6.92 Å². The summed E-state index contributed by atoms with van der Waals surface area (Å²) in [6.07, 6.45) is 4.39. The van der Waals surface area contributed by atoms with Crippen molar-refractivity contribution in [3.63, 3.8) is 0 Å². The van der Waals surface area contributed by atoms with E-state index in [1.807, 2.05) is 11.9 Å². The summed E-state index contributed by atoms with van der Waals surface area (Å²) in [5, 5.41) is 9.16. The molecule has 1 amide bonds. The molecule has 0 aromatic rings. The smallest absolute Gasteiger partial charge is 0.225 e. The van der Waals surface area contributed by atoms with Crippen LogP contribution in [-0.2, 0) is 4.79 Å². The molecule has 0 bridgehead atoms. The largest absolute Gasteiger partial charge is 0.393 e. The van der Waals surface area contributed by atoms with Gasteiger partial charge in [-0.05, 0) is 38.5 Å². The maximum atomic E-state index is 11.7. The summed E-state index contributed by atoms with van der Waals surface area (Å²) in [5.74, 6) is 0.881. The van der Waals surface area contributed by atoms with Gasteiger partial charge in [-0.2, -0.15) is 0 Å². The molecule has 1 rings (SSSR count). The van der Waals surface area contributed by atoms with E-state index in [1.54, 1.807) is 6.92 Å². The minimum Gasteiger partial charge on any atom is -0.393 e. The molecule has 0 aromatic carbocycles. The Hall–Kier alpha value is -0.570. The lowest BCUT2D eigenvalue weighted by Gasteiger charge is -2.33. The molecule has 1 aliphatic rings. The van der Waals surface area contributed by atoms with Crippen molar-refractivity contribution in [1.82, 2.24) is 4.90 Å². The maximum Gasteiger partial charge on any atom is 0.225 e. The minimum atomic E-state index is -0.525. The summed E-state index contributed by atoms with van der Waals surface area (Å²) in [7, 11) is 1.87. The molecule has 1 unspecified atom stereocenters. The van der Waals surface area contributed by atoms with Crippen molar-refractivity contribution < 1.29 is 9.90 Å². The average molecular weight is 213 g/mol. The molecule has 0 radical (unpaired) electrons. The molecule has 0 spiro atoms. The van der Waals surface area contributed by atoms with E-state index in [-0.39, 0.29) is 12.3 Å². The first-order valence-electron chi connectivity index (χ1n) is 5.94. The van der Waals surface area contributed by atoms with Gasteiger partial charge in [0.1, 0.15) is 0 Å². The van der Waals surface area contributed by atoms with Crippen molar-refractivity contribution in [3.05, 3.63) is 0 Å². The lowest BCUT2D eigenvalue weighted by Crippen LogP contribution is -2.40. The topological polar surface area (TPSA) is 40.5 Å². The Morgan fingerprint density at radius 1 is 1.40 bits per heavy atom. The molecule has 0 aliphatic heterocycles. The Balaban J connectivity index is 2.39. The van der Waals surface area contributed by atoms with Crippen LogP contribution in [0.2, 0.25) is 0 Å². The maximum absolute atomic E-state index is 11.7. The summed E-state index contributed by atoms with van der Waals surface area (Å²) in [6, 6.07) is 0.396. The zero-order valence-corrected chi connectivity index (χ0v) is 10.1. The van der Waals surface area contributed by atoms with Crippen LogP contribution in [0.4, 0.5) is 0 Å². The molecule has 3 nitrogen and oxygen atoms in total. The lowest BCUT2D eigenvalue weighted by molar-refractivity contribution is -0.134. The molecule has 1 saturated carbocycles. The first kappa shape index (κ1) is 12.5. The summed E-state index contributed by atoms with van der Waals surface area (Å²) in [4.78, 5) is 13.5. The van der Waals surface area contributed by atoms with Crippen LogP contribution in [0, 0.1) is 5.92 Å². The highest BCUT2D eigenvalue weighted by Gasteiger charge is 2.24. The van der Waals surface area contributed by atoms with Crippen LogP contribution in [0.15, 0.2) is 0 Å². The number of rotatable bonds is 3. The van der Waals surface area contributed by atoms with Gasteiger partial charge in [-0.1, -0.05) is 6.92 Å². The molecule has 1 atom stereocenters. The van der Waals surface area contributed by atoms with Crippen LogP contribution in [0.25, 0.3) is 0 Å². The second kappa shape index (κ2) is 5.50. The number of amides is 1. The van der Waals surface area contributed by atoms with Gasteiger partial charge < -0.3 is 10.0 Å². The van der Waals surface area contributed by atoms with Crippen LogP contribution in [0.3, 0.4) is 0 Å². The van der Waals surface area contributed by atoms with E-state index in [1.165, 1.54) is 12.8 Å². The Bertz CT molecular complexity index is 208. The monoisotopic (exact) mass is 213 g/mol. The fraction of sp³-hybridized carbons (Fsp3) is 0.917. The second-order valence-electron chi connectivity index (χ2n) is 4.97. The Labute approximate surface area is 92.5 Å². The molecular weight excluding hydrogens is 190 g/mol. The molecule has 15 heavy (non-hydrogen) atoms. The number of hydrogen-bond donors (Lipinski definition) is 1. The van der Waals surface area contributed by atoms with Crippen LogP contribution >= 0.6 is 0 Å². The highest BCUT2D eigenvalue weighted by molar-refractivity contribution is 5.76. The normalized spacial score (nSPS) is 28.5. The number of hydrogen-bond acceptors (Lipinski definition) is 2. The fourth-order valence-electron chi connectivity index (χ4n) is 2.23. The van der Waals surface area contributed by atoms with E-state index < -0.39 is 6.10 Å². The summed E-state index contributed by atoms with van der Waals surface area (Å²) in [5.41, 5.74) is 0. The predicted octanol–water partition coefficient (Wildman–Crippen LogP) is 1.79. The average Bonchev–Trinajstić information content (AvgIpc) is 2.17. The van der Waals surface area contributed by atoms with Crippen molar-refractivity contribution in [1.29, 1.82) is 0 Å². The van der Waals surface area contributed by atoms with Gasteiger partial charge in [-0.25, -0.2) is 0 Å². The molecule has 1 aliphatic carbocycles. The standard InChI is InChI=1S/C12H23NO2/c1-9-4-6-11(7-5-9)13(3)12(15)8-10(2)14/h9-11,14H,4-8H2,1-3H3. The van der Waals surface area contributed by atoms with E-state index in [9.17, 15) is 4.79 Å². The van der Waals surface area contributed by atoms with Crippen molar-refractivity contribution in [3.8, 4) is 0 Å². The Morgan fingerprint density at radius 3 is 2.40 bits per heavy atom. The summed E-state index contributed by atoms with van der Waals surface area (Å²) < 4.78 is 0. The number of carbonyl (C=O) groups is 1. The quantitative estimate of drug-likeness (QED) is 0.776. The van der Waals surface area contributed by atoms with Crippen molar-refractivity contribution >= 4 is 5.91 Å². The third kappa shape index (κ3) is 3.82. The first-order chi connectivity index (χ1) is 7.00. The molecule has 88 valence electrons. The second-order valence-corrected chi connectivity index (χ2v) is 4.97. The van der Waals surface area contributed by atoms with Gasteiger partial charge in [0.25, 0.3) is 0 Å². The van der Waals surface area contributed by atoms with E-state index in [0.717, 1.165) is 18.8 Å². The zero-order valence-electron chi connectivity index (χ0n) is 10.1. The molecule has 1 fully saturated rings.